The first-order chi connectivity index (χ1) is 15.1. The first-order valence-corrected chi connectivity index (χ1v) is 12.7. The summed E-state index contributed by atoms with van der Waals surface area (Å²) in [6.07, 6.45) is 16.7. The Morgan fingerprint density at radius 1 is 1.19 bits per heavy atom. The van der Waals surface area contributed by atoms with Gasteiger partial charge in [-0.3, -0.25) is 10.1 Å². The molecule has 6 unspecified atom stereocenters. The van der Waals surface area contributed by atoms with Crippen LogP contribution in [0.3, 0.4) is 0 Å². The van der Waals surface area contributed by atoms with E-state index < -0.39 is 5.60 Å². The molecule has 0 radical (unpaired) electrons. The van der Waals surface area contributed by atoms with Crippen LogP contribution in [0.15, 0.2) is 47.6 Å². The molecule has 0 aromatic rings. The van der Waals surface area contributed by atoms with E-state index >= 15 is 0 Å². The standard InChI is InChI=1S/C29H42O3/c1-7-29(32-31,19(2)3)17-12-20(4)24-10-11-25-23-9-8-21-18-22(30)13-15-27(21,5)26(23)14-16-28(24,25)6/h7-9,18-20,24,26,31H,1,10-17H2,2-6H3. The minimum atomic E-state index is -0.658. The molecular formula is C29H42O3. The van der Waals surface area contributed by atoms with E-state index in [0.717, 1.165) is 19.3 Å². The van der Waals surface area contributed by atoms with Crippen LogP contribution in [-0.4, -0.2) is 16.6 Å². The van der Waals surface area contributed by atoms with Crippen molar-refractivity contribution in [1.29, 1.82) is 0 Å². The summed E-state index contributed by atoms with van der Waals surface area (Å²) in [6, 6.07) is 0. The third-order valence-corrected chi connectivity index (χ3v) is 10.1. The van der Waals surface area contributed by atoms with Crippen LogP contribution in [0.4, 0.5) is 0 Å². The zero-order valence-electron chi connectivity index (χ0n) is 20.7. The highest BCUT2D eigenvalue weighted by Crippen LogP contribution is 2.63. The summed E-state index contributed by atoms with van der Waals surface area (Å²) >= 11 is 0. The number of fused-ring (bicyclic) bond motifs is 4. The topological polar surface area (TPSA) is 46.5 Å². The van der Waals surface area contributed by atoms with Gasteiger partial charge in [0, 0.05) is 6.42 Å². The molecule has 6 atom stereocenters. The van der Waals surface area contributed by atoms with Crippen LogP contribution in [0.5, 0.6) is 0 Å². The molecule has 4 rings (SSSR count). The number of rotatable bonds is 7. The van der Waals surface area contributed by atoms with Crippen molar-refractivity contribution in [2.45, 2.75) is 91.6 Å². The van der Waals surface area contributed by atoms with Crippen LogP contribution in [0.25, 0.3) is 0 Å². The lowest BCUT2D eigenvalue weighted by Crippen LogP contribution is -2.42. The van der Waals surface area contributed by atoms with Crippen molar-refractivity contribution in [1.82, 2.24) is 0 Å². The van der Waals surface area contributed by atoms with E-state index in [1.54, 1.807) is 17.2 Å². The SMILES string of the molecule is C=CC(CCC(C)C1CCC2=C3C=CC4=CC(=O)CCC4(C)C3CCC21C)(OO)C(C)C. The summed E-state index contributed by atoms with van der Waals surface area (Å²) in [6.45, 7) is 15.4. The van der Waals surface area contributed by atoms with E-state index in [4.69, 9.17) is 4.89 Å². The quantitative estimate of drug-likeness (QED) is 0.255. The largest absolute Gasteiger partial charge is 0.295 e. The van der Waals surface area contributed by atoms with Crippen LogP contribution >= 0.6 is 0 Å². The smallest absolute Gasteiger partial charge is 0.156 e. The Labute approximate surface area is 194 Å². The van der Waals surface area contributed by atoms with E-state index in [2.05, 4.69) is 53.3 Å². The molecule has 0 bridgehead atoms. The fourth-order valence-corrected chi connectivity index (χ4v) is 7.74. The number of allylic oxidation sites excluding steroid dienone is 6. The third-order valence-electron chi connectivity index (χ3n) is 10.1. The monoisotopic (exact) mass is 438 g/mol. The number of hydrogen-bond acceptors (Lipinski definition) is 3. The molecule has 3 heteroatoms. The minimum Gasteiger partial charge on any atom is -0.295 e. The Morgan fingerprint density at radius 2 is 1.94 bits per heavy atom. The summed E-state index contributed by atoms with van der Waals surface area (Å²) in [5.74, 6) is 2.25. The molecule has 0 amide bonds. The van der Waals surface area contributed by atoms with Gasteiger partial charge in [0.25, 0.3) is 0 Å². The van der Waals surface area contributed by atoms with Crippen molar-refractivity contribution < 1.29 is 14.9 Å². The molecule has 1 fully saturated rings. The predicted molar refractivity (Wildman–Crippen MR) is 130 cm³/mol. The average molecular weight is 439 g/mol. The lowest BCUT2D eigenvalue weighted by Gasteiger charge is -2.51. The van der Waals surface area contributed by atoms with Gasteiger partial charge >= 0.3 is 0 Å². The Hall–Kier alpha value is -1.45. The van der Waals surface area contributed by atoms with Gasteiger partial charge in [0.05, 0.1) is 0 Å². The van der Waals surface area contributed by atoms with Crippen molar-refractivity contribution in [3.8, 4) is 0 Å². The summed E-state index contributed by atoms with van der Waals surface area (Å²) in [4.78, 5) is 17.0. The Balaban J connectivity index is 1.59. The number of ketones is 1. The van der Waals surface area contributed by atoms with Gasteiger partial charge in [-0.1, -0.05) is 58.4 Å². The van der Waals surface area contributed by atoms with Crippen LogP contribution in [0.2, 0.25) is 0 Å². The van der Waals surface area contributed by atoms with Crippen molar-refractivity contribution in [2.75, 3.05) is 0 Å². The molecular weight excluding hydrogens is 396 g/mol. The molecule has 1 saturated carbocycles. The van der Waals surface area contributed by atoms with Gasteiger partial charge in [-0.25, -0.2) is 4.89 Å². The van der Waals surface area contributed by atoms with E-state index in [0.29, 0.717) is 24.2 Å². The summed E-state index contributed by atoms with van der Waals surface area (Å²) in [7, 11) is 0. The molecule has 32 heavy (non-hydrogen) atoms. The Bertz CT molecular complexity index is 877. The molecule has 1 N–H and O–H groups in total. The Morgan fingerprint density at radius 3 is 2.59 bits per heavy atom. The maximum absolute atomic E-state index is 12.0. The third kappa shape index (κ3) is 3.51. The second kappa shape index (κ2) is 8.40. The molecule has 176 valence electrons. The van der Waals surface area contributed by atoms with Crippen molar-refractivity contribution in [3.63, 3.8) is 0 Å². The fourth-order valence-electron chi connectivity index (χ4n) is 7.74. The lowest BCUT2D eigenvalue weighted by molar-refractivity contribution is -0.321. The maximum atomic E-state index is 12.0. The van der Waals surface area contributed by atoms with E-state index in [1.807, 2.05) is 6.08 Å². The number of hydrogen-bond donors (Lipinski definition) is 1. The number of carbonyl (C=O) groups is 1. The van der Waals surface area contributed by atoms with Crippen LogP contribution in [-0.2, 0) is 9.68 Å². The summed E-state index contributed by atoms with van der Waals surface area (Å²) in [5, 5.41) is 9.62. The van der Waals surface area contributed by atoms with Gasteiger partial charge in [-0.2, -0.15) is 0 Å². The van der Waals surface area contributed by atoms with Gasteiger partial charge in [-0.15, -0.1) is 6.58 Å². The minimum absolute atomic E-state index is 0.120. The molecule has 0 aromatic carbocycles. The van der Waals surface area contributed by atoms with Gasteiger partial charge in [0.1, 0.15) is 5.60 Å². The van der Waals surface area contributed by atoms with Gasteiger partial charge in [-0.05, 0) is 96.7 Å². The summed E-state index contributed by atoms with van der Waals surface area (Å²) < 4.78 is 0. The van der Waals surface area contributed by atoms with Crippen molar-refractivity contribution in [2.24, 2.45) is 34.5 Å². The number of carbonyl (C=O) groups excluding carboxylic acids is 1. The van der Waals surface area contributed by atoms with Gasteiger partial charge in [0.2, 0.25) is 0 Å². The van der Waals surface area contributed by atoms with Crippen molar-refractivity contribution in [3.05, 3.63) is 47.6 Å². The van der Waals surface area contributed by atoms with E-state index in [-0.39, 0.29) is 22.5 Å². The van der Waals surface area contributed by atoms with Gasteiger partial charge in [0.15, 0.2) is 5.78 Å². The summed E-state index contributed by atoms with van der Waals surface area (Å²) in [5.41, 5.74) is 4.25. The molecule has 4 aliphatic carbocycles. The lowest BCUT2D eigenvalue weighted by atomic mass is 9.53. The normalized spacial score (nSPS) is 36.8. The van der Waals surface area contributed by atoms with E-state index in [1.165, 1.54) is 31.3 Å². The van der Waals surface area contributed by atoms with Gasteiger partial charge < -0.3 is 0 Å². The zero-order valence-corrected chi connectivity index (χ0v) is 20.7. The molecule has 0 aliphatic heterocycles. The molecule has 0 aromatic heterocycles. The average Bonchev–Trinajstić information content (AvgIpc) is 3.12. The van der Waals surface area contributed by atoms with Crippen LogP contribution in [0, 0.1) is 34.5 Å². The fraction of sp³-hybridized carbons (Fsp3) is 0.690. The van der Waals surface area contributed by atoms with Crippen LogP contribution in [0.1, 0.15) is 86.0 Å². The molecule has 4 aliphatic rings. The van der Waals surface area contributed by atoms with Crippen molar-refractivity contribution >= 4 is 5.78 Å². The second-order valence-electron chi connectivity index (χ2n) is 11.8. The highest BCUT2D eigenvalue weighted by molar-refractivity contribution is 5.92. The van der Waals surface area contributed by atoms with Crippen LogP contribution < -0.4 is 0 Å². The first-order valence-electron chi connectivity index (χ1n) is 12.7. The highest BCUT2D eigenvalue weighted by Gasteiger charge is 2.53. The zero-order chi connectivity index (χ0) is 23.3. The second-order valence-corrected chi connectivity index (χ2v) is 11.8. The molecule has 0 heterocycles. The first kappa shape index (κ1) is 23.7. The maximum Gasteiger partial charge on any atom is 0.156 e. The predicted octanol–water partition coefficient (Wildman–Crippen LogP) is 7.46. The highest BCUT2D eigenvalue weighted by atomic mass is 17.1. The molecule has 3 nitrogen and oxygen atoms in total. The Kier molecular flexibility index (Phi) is 6.22. The molecule has 0 spiro atoms. The van der Waals surface area contributed by atoms with E-state index in [9.17, 15) is 10.1 Å². The molecule has 0 saturated heterocycles.